The van der Waals surface area contributed by atoms with Gasteiger partial charge >= 0.3 is 5.69 Å². The van der Waals surface area contributed by atoms with Crippen LogP contribution < -0.4 is 4.74 Å². The minimum atomic E-state index is -0.418. The molecule has 0 atom stereocenters. The summed E-state index contributed by atoms with van der Waals surface area (Å²) in [7, 11) is 0. The van der Waals surface area contributed by atoms with Crippen molar-refractivity contribution in [2.75, 3.05) is 6.61 Å². The summed E-state index contributed by atoms with van der Waals surface area (Å²) in [5.74, 6) is 0.377. The van der Waals surface area contributed by atoms with Crippen molar-refractivity contribution in [1.82, 2.24) is 0 Å². The number of hydrogen-bond acceptors (Lipinski definition) is 3. The third kappa shape index (κ3) is 3.20. The van der Waals surface area contributed by atoms with E-state index in [1.807, 2.05) is 13.0 Å². The maximum Gasteiger partial charge on any atom is 0.312 e. The quantitative estimate of drug-likeness (QED) is 0.470. The van der Waals surface area contributed by atoms with Crippen molar-refractivity contribution in [3.8, 4) is 5.75 Å². The predicted octanol–water partition coefficient (Wildman–Crippen LogP) is 3.84. The topological polar surface area (TPSA) is 52.4 Å². The first-order valence-electron chi connectivity index (χ1n) is 5.13. The summed E-state index contributed by atoms with van der Waals surface area (Å²) in [6.07, 6.45) is 1.90. The van der Waals surface area contributed by atoms with E-state index in [2.05, 4.69) is 15.9 Å². The van der Waals surface area contributed by atoms with Crippen molar-refractivity contribution < 1.29 is 9.66 Å². The molecule has 88 valence electrons. The van der Waals surface area contributed by atoms with Gasteiger partial charge in [0.1, 0.15) is 0 Å². The number of unbranched alkanes of at least 4 members (excludes halogenated alkanes) is 1. The summed E-state index contributed by atoms with van der Waals surface area (Å²) in [6, 6.07) is 3.28. The summed E-state index contributed by atoms with van der Waals surface area (Å²) in [6.45, 7) is 4.37. The van der Waals surface area contributed by atoms with Crippen molar-refractivity contribution >= 4 is 21.6 Å². The van der Waals surface area contributed by atoms with Gasteiger partial charge in [-0.25, -0.2) is 0 Å². The van der Waals surface area contributed by atoms with Crippen LogP contribution in [0.15, 0.2) is 16.6 Å². The lowest BCUT2D eigenvalue weighted by molar-refractivity contribution is -0.386. The number of rotatable bonds is 5. The minimum Gasteiger partial charge on any atom is -0.487 e. The van der Waals surface area contributed by atoms with E-state index in [0.29, 0.717) is 16.8 Å². The number of nitro benzene ring substituents is 1. The fraction of sp³-hybridized carbons (Fsp3) is 0.455. The smallest absolute Gasteiger partial charge is 0.312 e. The lowest BCUT2D eigenvalue weighted by atomic mass is 10.2. The van der Waals surface area contributed by atoms with Gasteiger partial charge in [-0.05, 0) is 25.0 Å². The lowest BCUT2D eigenvalue weighted by Gasteiger charge is -2.09. The molecule has 0 saturated heterocycles. The van der Waals surface area contributed by atoms with E-state index in [0.717, 1.165) is 18.4 Å². The van der Waals surface area contributed by atoms with E-state index in [4.69, 9.17) is 4.74 Å². The van der Waals surface area contributed by atoms with Crippen LogP contribution in [0.2, 0.25) is 0 Å². The summed E-state index contributed by atoms with van der Waals surface area (Å²) in [4.78, 5) is 10.4. The van der Waals surface area contributed by atoms with Gasteiger partial charge in [-0.1, -0.05) is 29.3 Å². The van der Waals surface area contributed by atoms with Crippen LogP contribution in [0.4, 0.5) is 5.69 Å². The highest BCUT2D eigenvalue weighted by molar-refractivity contribution is 9.10. The van der Waals surface area contributed by atoms with Crippen LogP contribution >= 0.6 is 15.9 Å². The third-order valence-corrected chi connectivity index (χ3v) is 2.62. The Labute approximate surface area is 103 Å². The average molecular weight is 288 g/mol. The van der Waals surface area contributed by atoms with Gasteiger partial charge in [-0.15, -0.1) is 0 Å². The van der Waals surface area contributed by atoms with Crippen LogP contribution in [-0.2, 0) is 0 Å². The molecular formula is C11H14BrNO3. The second-order valence-corrected chi connectivity index (χ2v) is 4.45. The number of hydrogen-bond donors (Lipinski definition) is 0. The molecule has 5 heteroatoms. The van der Waals surface area contributed by atoms with Crippen LogP contribution in [0.1, 0.15) is 25.3 Å². The van der Waals surface area contributed by atoms with Crippen LogP contribution in [-0.4, -0.2) is 11.5 Å². The van der Waals surface area contributed by atoms with Crippen LogP contribution in [0.3, 0.4) is 0 Å². The zero-order chi connectivity index (χ0) is 12.1. The molecule has 0 aromatic heterocycles. The molecule has 1 aromatic rings. The van der Waals surface area contributed by atoms with E-state index < -0.39 is 4.92 Å². The SMILES string of the molecule is CCCCOc1c(C)cc(Br)cc1[N+](=O)[O-]. The second-order valence-electron chi connectivity index (χ2n) is 3.53. The Morgan fingerprint density at radius 2 is 2.19 bits per heavy atom. The van der Waals surface area contributed by atoms with Gasteiger partial charge in [0.2, 0.25) is 0 Å². The Morgan fingerprint density at radius 1 is 1.50 bits per heavy atom. The molecule has 0 fully saturated rings. The number of nitro groups is 1. The Hall–Kier alpha value is -1.10. The molecule has 0 amide bonds. The standard InChI is InChI=1S/C11H14BrNO3/c1-3-4-5-16-11-8(2)6-9(12)7-10(11)13(14)15/h6-7H,3-5H2,1-2H3. The Kier molecular flexibility index (Phi) is 4.73. The highest BCUT2D eigenvalue weighted by Gasteiger charge is 2.18. The van der Waals surface area contributed by atoms with Crippen molar-refractivity contribution in [3.63, 3.8) is 0 Å². The summed E-state index contributed by atoms with van der Waals surface area (Å²) >= 11 is 3.24. The van der Waals surface area contributed by atoms with Crippen LogP contribution in [0, 0.1) is 17.0 Å². The fourth-order valence-corrected chi connectivity index (χ4v) is 1.91. The third-order valence-electron chi connectivity index (χ3n) is 2.16. The van der Waals surface area contributed by atoms with Gasteiger partial charge in [-0.2, -0.15) is 0 Å². The molecule has 0 bridgehead atoms. The molecule has 0 saturated carbocycles. The normalized spacial score (nSPS) is 10.2. The minimum absolute atomic E-state index is 0.0166. The molecule has 0 N–H and O–H groups in total. The molecule has 4 nitrogen and oxygen atoms in total. The highest BCUT2D eigenvalue weighted by Crippen LogP contribution is 2.34. The number of benzene rings is 1. The number of halogens is 1. The van der Waals surface area contributed by atoms with Crippen LogP contribution in [0.5, 0.6) is 5.75 Å². The van der Waals surface area contributed by atoms with Crippen molar-refractivity contribution in [3.05, 3.63) is 32.3 Å². The van der Waals surface area contributed by atoms with Gasteiger partial charge in [-0.3, -0.25) is 10.1 Å². The Morgan fingerprint density at radius 3 is 2.75 bits per heavy atom. The number of aryl methyl sites for hydroxylation is 1. The largest absolute Gasteiger partial charge is 0.487 e. The van der Waals surface area contributed by atoms with E-state index in [1.54, 1.807) is 6.92 Å². The fourth-order valence-electron chi connectivity index (χ4n) is 1.35. The van der Waals surface area contributed by atoms with Gasteiger partial charge < -0.3 is 4.74 Å². The maximum absolute atomic E-state index is 10.9. The monoisotopic (exact) mass is 287 g/mol. The molecule has 0 unspecified atom stereocenters. The van der Waals surface area contributed by atoms with Gasteiger partial charge in [0.15, 0.2) is 5.75 Å². The number of nitrogens with zero attached hydrogens (tertiary/aromatic N) is 1. The summed E-state index contributed by atoms with van der Waals surface area (Å²) in [5, 5.41) is 10.9. The first kappa shape index (κ1) is 13.0. The van der Waals surface area contributed by atoms with Gasteiger partial charge in [0, 0.05) is 10.5 Å². The Bertz CT molecular complexity index is 393. The molecule has 16 heavy (non-hydrogen) atoms. The van der Waals surface area contributed by atoms with Gasteiger partial charge in [0.05, 0.1) is 11.5 Å². The van der Waals surface area contributed by atoms with E-state index in [9.17, 15) is 10.1 Å². The molecule has 0 aliphatic rings. The molecular weight excluding hydrogens is 274 g/mol. The molecule has 0 aliphatic carbocycles. The molecule has 0 heterocycles. The molecule has 1 rings (SSSR count). The summed E-state index contributed by atoms with van der Waals surface area (Å²) in [5.41, 5.74) is 0.792. The van der Waals surface area contributed by atoms with Crippen molar-refractivity contribution in [2.45, 2.75) is 26.7 Å². The Balaban J connectivity index is 2.99. The maximum atomic E-state index is 10.9. The van der Waals surface area contributed by atoms with E-state index in [1.165, 1.54) is 6.07 Å². The molecule has 0 aliphatic heterocycles. The zero-order valence-electron chi connectivity index (χ0n) is 9.33. The van der Waals surface area contributed by atoms with Crippen LogP contribution in [0.25, 0.3) is 0 Å². The molecule has 0 spiro atoms. The first-order valence-corrected chi connectivity index (χ1v) is 5.93. The second kappa shape index (κ2) is 5.84. The average Bonchev–Trinajstić information content (AvgIpc) is 2.20. The van der Waals surface area contributed by atoms with Gasteiger partial charge in [0.25, 0.3) is 0 Å². The van der Waals surface area contributed by atoms with Crippen molar-refractivity contribution in [2.24, 2.45) is 0 Å². The highest BCUT2D eigenvalue weighted by atomic mass is 79.9. The van der Waals surface area contributed by atoms with Crippen molar-refractivity contribution in [1.29, 1.82) is 0 Å². The van der Waals surface area contributed by atoms with E-state index in [-0.39, 0.29) is 5.69 Å². The molecule has 1 aromatic carbocycles. The number of ether oxygens (including phenoxy) is 1. The molecule has 0 radical (unpaired) electrons. The first-order chi connectivity index (χ1) is 7.56. The summed E-state index contributed by atoms with van der Waals surface area (Å²) < 4.78 is 6.16. The lowest BCUT2D eigenvalue weighted by Crippen LogP contribution is -2.02. The predicted molar refractivity (Wildman–Crippen MR) is 65.9 cm³/mol. The zero-order valence-corrected chi connectivity index (χ0v) is 10.9. The van der Waals surface area contributed by atoms with E-state index >= 15 is 0 Å².